The molecule has 1 aromatic rings. The van der Waals surface area contributed by atoms with Crippen LogP contribution in [0.3, 0.4) is 0 Å². The Bertz CT molecular complexity index is 788. The predicted octanol–water partition coefficient (Wildman–Crippen LogP) is 2.70. The number of hydrogen-bond acceptors (Lipinski definition) is 5. The van der Waals surface area contributed by atoms with Gasteiger partial charge < -0.3 is 10.1 Å². The van der Waals surface area contributed by atoms with Gasteiger partial charge in [-0.1, -0.05) is 18.4 Å². The molecule has 1 saturated heterocycles. The van der Waals surface area contributed by atoms with E-state index in [0.29, 0.717) is 18.8 Å². The van der Waals surface area contributed by atoms with Gasteiger partial charge in [0.1, 0.15) is 0 Å². The molecule has 1 aromatic carbocycles. The molecule has 0 radical (unpaired) electrons. The Labute approximate surface area is 160 Å². The van der Waals surface area contributed by atoms with Crippen LogP contribution in [0.2, 0.25) is 0 Å². The van der Waals surface area contributed by atoms with Crippen molar-refractivity contribution < 1.29 is 22.7 Å². The number of allylic oxidation sites excluding steroid dienone is 1. The van der Waals surface area contributed by atoms with E-state index in [1.165, 1.54) is 34.6 Å². The van der Waals surface area contributed by atoms with Crippen molar-refractivity contribution in [3.63, 3.8) is 0 Å². The number of rotatable bonds is 6. The van der Waals surface area contributed by atoms with E-state index in [0.717, 1.165) is 31.3 Å². The fourth-order valence-electron chi connectivity index (χ4n) is 2.75. The van der Waals surface area contributed by atoms with Gasteiger partial charge in [-0.05, 0) is 51.0 Å². The lowest BCUT2D eigenvalue weighted by Crippen LogP contribution is -2.31. The summed E-state index contributed by atoms with van der Waals surface area (Å²) < 4.78 is 31.8. The number of nitrogens with one attached hydrogen (secondary N) is 1. The van der Waals surface area contributed by atoms with Gasteiger partial charge in [-0.2, -0.15) is 4.31 Å². The third-order valence-electron chi connectivity index (χ3n) is 4.09. The Balaban J connectivity index is 1.95. The molecule has 0 aliphatic carbocycles. The summed E-state index contributed by atoms with van der Waals surface area (Å²) in [5.74, 6) is -1.07. The summed E-state index contributed by atoms with van der Waals surface area (Å²) in [5.41, 5.74) is 1.22. The first-order chi connectivity index (χ1) is 12.8. The molecule has 0 unspecified atom stereocenters. The van der Waals surface area contributed by atoms with Crippen LogP contribution in [-0.4, -0.2) is 44.3 Å². The van der Waals surface area contributed by atoms with Crippen LogP contribution in [0.5, 0.6) is 0 Å². The first-order valence-corrected chi connectivity index (χ1v) is 10.4. The van der Waals surface area contributed by atoms with Gasteiger partial charge in [-0.25, -0.2) is 13.2 Å². The molecule has 0 atom stereocenters. The molecule has 0 saturated carbocycles. The lowest BCUT2D eigenvalue weighted by molar-refractivity contribution is -0.142. The topological polar surface area (TPSA) is 92.8 Å². The van der Waals surface area contributed by atoms with Crippen molar-refractivity contribution in [2.24, 2.45) is 0 Å². The molecule has 1 heterocycles. The van der Waals surface area contributed by atoms with Gasteiger partial charge in [0, 0.05) is 24.9 Å². The number of esters is 1. The van der Waals surface area contributed by atoms with Gasteiger partial charge in [0.25, 0.3) is 5.91 Å². The van der Waals surface area contributed by atoms with Crippen LogP contribution in [0, 0.1) is 0 Å². The first-order valence-electron chi connectivity index (χ1n) is 9.01. The predicted molar refractivity (Wildman–Crippen MR) is 103 cm³/mol. The molecular formula is C19H26N2O5S. The van der Waals surface area contributed by atoms with E-state index in [1.807, 2.05) is 0 Å². The van der Waals surface area contributed by atoms with E-state index in [2.05, 4.69) is 5.32 Å². The van der Waals surface area contributed by atoms with Crippen molar-refractivity contribution in [1.82, 2.24) is 4.31 Å². The maximum absolute atomic E-state index is 12.7. The maximum atomic E-state index is 12.7. The van der Waals surface area contributed by atoms with Crippen molar-refractivity contribution in [3.05, 3.63) is 35.9 Å². The molecule has 2 rings (SSSR count). The number of carbonyl (C=O) groups excluding carboxylic acids is 2. The maximum Gasteiger partial charge on any atom is 0.331 e. The second-order valence-electron chi connectivity index (χ2n) is 6.72. The minimum absolute atomic E-state index is 0.206. The second kappa shape index (κ2) is 9.66. The zero-order chi connectivity index (χ0) is 19.9. The Kier molecular flexibility index (Phi) is 7.55. The molecule has 1 fully saturated rings. The highest BCUT2D eigenvalue weighted by Gasteiger charge is 2.24. The number of benzene rings is 1. The SMILES string of the molecule is CC(C)=CC(=O)OCC(=O)Nc1ccc(S(=O)(=O)N2CCCCCC2)cc1. The standard InChI is InChI=1S/C19H26N2O5S/c1-15(2)13-19(23)26-14-18(22)20-16-7-9-17(10-8-16)27(24,25)21-11-5-3-4-6-12-21/h7-10,13H,3-6,11-12,14H2,1-2H3,(H,20,22). The highest BCUT2D eigenvalue weighted by atomic mass is 32.2. The summed E-state index contributed by atoms with van der Waals surface area (Å²) in [7, 11) is -3.52. The number of carbonyl (C=O) groups is 2. The molecule has 7 nitrogen and oxygen atoms in total. The van der Waals surface area contributed by atoms with Crippen molar-refractivity contribution in [1.29, 1.82) is 0 Å². The highest BCUT2D eigenvalue weighted by Crippen LogP contribution is 2.21. The summed E-state index contributed by atoms with van der Waals surface area (Å²) in [6, 6.07) is 6.01. The van der Waals surface area contributed by atoms with Crippen LogP contribution in [0.15, 0.2) is 40.8 Å². The molecule has 8 heteroatoms. The molecule has 1 aliphatic rings. The van der Waals surface area contributed by atoms with E-state index in [1.54, 1.807) is 13.8 Å². The Hall–Kier alpha value is -2.19. The van der Waals surface area contributed by atoms with Crippen LogP contribution in [0.25, 0.3) is 0 Å². The van der Waals surface area contributed by atoms with E-state index in [-0.39, 0.29) is 4.90 Å². The van der Waals surface area contributed by atoms with Gasteiger partial charge >= 0.3 is 5.97 Å². The van der Waals surface area contributed by atoms with Crippen molar-refractivity contribution >= 4 is 27.6 Å². The van der Waals surface area contributed by atoms with Gasteiger partial charge in [-0.3, -0.25) is 4.79 Å². The van der Waals surface area contributed by atoms with E-state index in [9.17, 15) is 18.0 Å². The fraction of sp³-hybridized carbons (Fsp3) is 0.474. The van der Waals surface area contributed by atoms with Crippen LogP contribution in [0.1, 0.15) is 39.5 Å². The third-order valence-corrected chi connectivity index (χ3v) is 6.01. The Morgan fingerprint density at radius 1 is 1.07 bits per heavy atom. The quantitative estimate of drug-likeness (QED) is 0.591. The number of hydrogen-bond donors (Lipinski definition) is 1. The molecular weight excluding hydrogens is 368 g/mol. The summed E-state index contributed by atoms with van der Waals surface area (Å²) in [5, 5.41) is 2.57. The smallest absolute Gasteiger partial charge is 0.331 e. The fourth-order valence-corrected chi connectivity index (χ4v) is 4.27. The number of ether oxygens (including phenoxy) is 1. The van der Waals surface area contributed by atoms with Gasteiger partial charge in [0.05, 0.1) is 4.90 Å². The molecule has 1 amide bonds. The molecule has 0 bridgehead atoms. The van der Waals surface area contributed by atoms with Crippen LogP contribution in [0.4, 0.5) is 5.69 Å². The third kappa shape index (κ3) is 6.48. The number of amides is 1. The Morgan fingerprint density at radius 2 is 1.67 bits per heavy atom. The summed E-state index contributed by atoms with van der Waals surface area (Å²) in [4.78, 5) is 23.4. The van der Waals surface area contributed by atoms with Crippen LogP contribution < -0.4 is 5.32 Å². The van der Waals surface area contributed by atoms with Crippen molar-refractivity contribution in [2.45, 2.75) is 44.4 Å². The lowest BCUT2D eigenvalue weighted by Gasteiger charge is -2.20. The largest absolute Gasteiger partial charge is 0.452 e. The minimum Gasteiger partial charge on any atom is -0.452 e. The van der Waals surface area contributed by atoms with Gasteiger partial charge in [0.15, 0.2) is 6.61 Å². The summed E-state index contributed by atoms with van der Waals surface area (Å²) in [6.45, 7) is 4.18. The summed E-state index contributed by atoms with van der Waals surface area (Å²) >= 11 is 0. The molecule has 1 aliphatic heterocycles. The van der Waals surface area contributed by atoms with E-state index in [4.69, 9.17) is 4.74 Å². The average molecular weight is 394 g/mol. The van der Waals surface area contributed by atoms with E-state index >= 15 is 0 Å². The minimum atomic E-state index is -3.52. The zero-order valence-corrected chi connectivity index (χ0v) is 16.5. The molecule has 1 N–H and O–H groups in total. The molecule has 0 aromatic heterocycles. The number of nitrogens with zero attached hydrogens (tertiary/aromatic N) is 1. The van der Waals surface area contributed by atoms with Gasteiger partial charge in [0.2, 0.25) is 10.0 Å². The zero-order valence-electron chi connectivity index (χ0n) is 15.7. The average Bonchev–Trinajstić information content (AvgIpc) is 2.90. The number of sulfonamides is 1. The van der Waals surface area contributed by atoms with Crippen LogP contribution in [-0.2, 0) is 24.3 Å². The van der Waals surface area contributed by atoms with Gasteiger partial charge in [-0.15, -0.1) is 0 Å². The van der Waals surface area contributed by atoms with Crippen LogP contribution >= 0.6 is 0 Å². The second-order valence-corrected chi connectivity index (χ2v) is 8.66. The number of anilines is 1. The monoisotopic (exact) mass is 394 g/mol. The summed E-state index contributed by atoms with van der Waals surface area (Å²) in [6.07, 6.45) is 5.15. The molecule has 148 valence electrons. The highest BCUT2D eigenvalue weighted by molar-refractivity contribution is 7.89. The first kappa shape index (κ1) is 21.1. The lowest BCUT2D eigenvalue weighted by atomic mass is 10.2. The van der Waals surface area contributed by atoms with Crippen molar-refractivity contribution in [3.8, 4) is 0 Å². The van der Waals surface area contributed by atoms with E-state index < -0.39 is 28.5 Å². The molecule has 0 spiro atoms. The normalized spacial score (nSPS) is 15.5. The van der Waals surface area contributed by atoms with Crippen molar-refractivity contribution in [2.75, 3.05) is 25.0 Å². The molecule has 27 heavy (non-hydrogen) atoms. The Morgan fingerprint density at radius 3 is 2.22 bits per heavy atom.